The lowest BCUT2D eigenvalue weighted by atomic mass is 10.0. The molecule has 0 heterocycles. The summed E-state index contributed by atoms with van der Waals surface area (Å²) < 4.78 is 5.28. The molecule has 0 aliphatic rings. The molecule has 17 heavy (non-hydrogen) atoms. The minimum atomic E-state index is -0.569. The predicted octanol–water partition coefficient (Wildman–Crippen LogP) is 2.62. The van der Waals surface area contributed by atoms with Gasteiger partial charge in [-0.15, -0.1) is 0 Å². The van der Waals surface area contributed by atoms with E-state index in [4.69, 9.17) is 4.74 Å². The summed E-state index contributed by atoms with van der Waals surface area (Å²) in [6.07, 6.45) is 0.0587. The Morgan fingerprint density at radius 1 is 1.29 bits per heavy atom. The monoisotopic (exact) mass is 232 g/mol. The highest BCUT2D eigenvalue weighted by molar-refractivity contribution is 5.90. The first-order chi connectivity index (χ1) is 8.06. The third-order valence-corrected chi connectivity index (χ3v) is 2.37. The number of ether oxygens (including phenoxy) is 1. The van der Waals surface area contributed by atoms with Crippen LogP contribution in [0.5, 0.6) is 0 Å². The number of hydrogen-bond donors (Lipinski definition) is 0. The molecule has 0 aliphatic heterocycles. The Morgan fingerprint density at radius 3 is 2.35 bits per heavy atom. The molecule has 0 N–H and O–H groups in total. The molecule has 0 bridgehead atoms. The van der Waals surface area contributed by atoms with E-state index < -0.39 is 12.1 Å². The van der Waals surface area contributed by atoms with E-state index in [1.54, 1.807) is 24.3 Å². The van der Waals surface area contributed by atoms with Gasteiger partial charge in [0.25, 0.3) is 0 Å². The van der Waals surface area contributed by atoms with Gasteiger partial charge in [-0.3, -0.25) is 4.79 Å². The summed E-state index contributed by atoms with van der Waals surface area (Å²) in [4.78, 5) is 22.5. The maximum Gasteiger partial charge on any atom is 0.338 e. The molecular weight excluding hydrogens is 216 g/mol. The second-order valence-electron chi connectivity index (χ2n) is 4.13. The molecule has 90 valence electrons. The minimum absolute atomic E-state index is 0.0142. The summed E-state index contributed by atoms with van der Waals surface area (Å²) in [5, 5.41) is 0. The Bertz CT molecular complexity index is 407. The van der Waals surface area contributed by atoms with Crippen molar-refractivity contribution in [2.75, 3.05) is 0 Å². The molecule has 3 heteroatoms. The number of hydrogen-bond acceptors (Lipinski definition) is 3. The number of rotatable bonds is 5. The van der Waals surface area contributed by atoms with Gasteiger partial charge in [0.15, 0.2) is 0 Å². The fourth-order valence-electron chi connectivity index (χ4n) is 1.46. The van der Waals surface area contributed by atoms with E-state index in [0.29, 0.717) is 11.8 Å². The Balaban J connectivity index is 2.78. The SMILES string of the molecule is C=C(C=O)[C@@H](OC(=O)c1ccccc1)C(C)C. The lowest BCUT2D eigenvalue weighted by molar-refractivity contribution is -0.106. The lowest BCUT2D eigenvalue weighted by Gasteiger charge is -2.20. The van der Waals surface area contributed by atoms with Gasteiger partial charge in [0.2, 0.25) is 0 Å². The Hall–Kier alpha value is -1.90. The minimum Gasteiger partial charge on any atom is -0.454 e. The summed E-state index contributed by atoms with van der Waals surface area (Å²) in [6, 6.07) is 8.68. The Labute approximate surface area is 101 Å². The zero-order valence-electron chi connectivity index (χ0n) is 10.1. The van der Waals surface area contributed by atoms with E-state index in [2.05, 4.69) is 6.58 Å². The first kappa shape index (κ1) is 13.2. The molecule has 1 atom stereocenters. The molecule has 3 nitrogen and oxygen atoms in total. The maximum atomic E-state index is 11.8. The molecule has 1 aromatic rings. The Kier molecular flexibility index (Phi) is 4.64. The van der Waals surface area contributed by atoms with Crippen LogP contribution < -0.4 is 0 Å². The van der Waals surface area contributed by atoms with Crippen molar-refractivity contribution in [3.8, 4) is 0 Å². The molecule has 1 aromatic carbocycles. The van der Waals surface area contributed by atoms with Crippen molar-refractivity contribution < 1.29 is 14.3 Å². The molecule has 0 radical (unpaired) electrons. The number of aldehydes is 1. The maximum absolute atomic E-state index is 11.8. The molecule has 0 spiro atoms. The van der Waals surface area contributed by atoms with E-state index in [0.717, 1.165) is 0 Å². The predicted molar refractivity (Wildman–Crippen MR) is 65.7 cm³/mol. The van der Waals surface area contributed by atoms with Crippen LogP contribution in [0, 0.1) is 5.92 Å². The number of carbonyl (C=O) groups excluding carboxylic acids is 2. The third-order valence-electron chi connectivity index (χ3n) is 2.37. The van der Waals surface area contributed by atoms with E-state index >= 15 is 0 Å². The quantitative estimate of drug-likeness (QED) is 0.445. The highest BCUT2D eigenvalue weighted by atomic mass is 16.5. The molecule has 0 unspecified atom stereocenters. The second kappa shape index (κ2) is 5.99. The summed E-state index contributed by atoms with van der Waals surface area (Å²) in [5.41, 5.74) is 0.751. The van der Waals surface area contributed by atoms with Gasteiger partial charge in [0, 0.05) is 5.57 Å². The van der Waals surface area contributed by atoms with Crippen LogP contribution in [0.15, 0.2) is 42.5 Å². The van der Waals surface area contributed by atoms with Crippen molar-refractivity contribution >= 4 is 12.3 Å². The lowest BCUT2D eigenvalue weighted by Crippen LogP contribution is -2.26. The Morgan fingerprint density at radius 2 is 1.88 bits per heavy atom. The van der Waals surface area contributed by atoms with Crippen LogP contribution in [0.3, 0.4) is 0 Å². The van der Waals surface area contributed by atoms with Crippen LogP contribution in [-0.4, -0.2) is 18.4 Å². The van der Waals surface area contributed by atoms with Gasteiger partial charge in [0.1, 0.15) is 12.4 Å². The normalized spacial score (nSPS) is 11.9. The van der Waals surface area contributed by atoms with Crippen molar-refractivity contribution in [3.63, 3.8) is 0 Å². The van der Waals surface area contributed by atoms with Gasteiger partial charge >= 0.3 is 5.97 Å². The van der Waals surface area contributed by atoms with Gasteiger partial charge < -0.3 is 4.74 Å². The van der Waals surface area contributed by atoms with Gasteiger partial charge in [-0.05, 0) is 18.1 Å². The van der Waals surface area contributed by atoms with Crippen LogP contribution >= 0.6 is 0 Å². The zero-order chi connectivity index (χ0) is 12.8. The average molecular weight is 232 g/mol. The van der Waals surface area contributed by atoms with Crippen LogP contribution in [-0.2, 0) is 9.53 Å². The van der Waals surface area contributed by atoms with Gasteiger partial charge in [-0.25, -0.2) is 4.79 Å². The van der Waals surface area contributed by atoms with E-state index in [1.165, 1.54) is 0 Å². The van der Waals surface area contributed by atoms with Crippen LogP contribution in [0.25, 0.3) is 0 Å². The largest absolute Gasteiger partial charge is 0.454 e. The van der Waals surface area contributed by atoms with Crippen molar-refractivity contribution in [3.05, 3.63) is 48.0 Å². The van der Waals surface area contributed by atoms with Crippen LogP contribution in [0.4, 0.5) is 0 Å². The van der Waals surface area contributed by atoms with Crippen LogP contribution in [0.2, 0.25) is 0 Å². The molecular formula is C14H16O3. The van der Waals surface area contributed by atoms with E-state index in [9.17, 15) is 9.59 Å². The molecule has 0 aromatic heterocycles. The van der Waals surface area contributed by atoms with Crippen molar-refractivity contribution in [1.82, 2.24) is 0 Å². The molecule has 1 rings (SSSR count). The highest BCUT2D eigenvalue weighted by Crippen LogP contribution is 2.15. The topological polar surface area (TPSA) is 43.4 Å². The van der Waals surface area contributed by atoms with Gasteiger partial charge in [0.05, 0.1) is 5.56 Å². The van der Waals surface area contributed by atoms with E-state index in [-0.39, 0.29) is 11.5 Å². The molecule has 0 amide bonds. The van der Waals surface area contributed by atoms with Crippen LogP contribution in [0.1, 0.15) is 24.2 Å². The molecule has 0 fully saturated rings. The van der Waals surface area contributed by atoms with Gasteiger partial charge in [-0.1, -0.05) is 38.6 Å². The zero-order valence-corrected chi connectivity index (χ0v) is 10.1. The summed E-state index contributed by atoms with van der Waals surface area (Å²) >= 11 is 0. The summed E-state index contributed by atoms with van der Waals surface area (Å²) in [6.45, 7) is 7.34. The fourth-order valence-corrected chi connectivity index (χ4v) is 1.46. The third kappa shape index (κ3) is 3.55. The van der Waals surface area contributed by atoms with E-state index in [1.807, 2.05) is 19.9 Å². The first-order valence-electron chi connectivity index (χ1n) is 5.46. The smallest absolute Gasteiger partial charge is 0.338 e. The molecule has 0 aliphatic carbocycles. The number of benzene rings is 1. The first-order valence-corrected chi connectivity index (χ1v) is 5.46. The highest BCUT2D eigenvalue weighted by Gasteiger charge is 2.21. The van der Waals surface area contributed by atoms with Crippen molar-refractivity contribution in [1.29, 1.82) is 0 Å². The number of esters is 1. The standard InChI is InChI=1S/C14H16O3/c1-10(2)13(11(3)9-15)17-14(16)12-7-5-4-6-8-12/h4-10,13H,3H2,1-2H3/t13-/m0/s1. The molecule has 0 saturated carbocycles. The van der Waals surface area contributed by atoms with Gasteiger partial charge in [-0.2, -0.15) is 0 Å². The number of carbonyl (C=O) groups is 2. The second-order valence-corrected chi connectivity index (χ2v) is 4.13. The van der Waals surface area contributed by atoms with Crippen molar-refractivity contribution in [2.45, 2.75) is 20.0 Å². The molecule has 0 saturated heterocycles. The average Bonchev–Trinajstić information content (AvgIpc) is 2.35. The summed E-state index contributed by atoms with van der Waals surface area (Å²) in [5.74, 6) is -0.423. The fraction of sp³-hybridized carbons (Fsp3) is 0.286. The summed E-state index contributed by atoms with van der Waals surface area (Å²) in [7, 11) is 0. The van der Waals surface area contributed by atoms with Crippen molar-refractivity contribution in [2.24, 2.45) is 5.92 Å².